The molecule has 208 valence electrons. The molecule has 0 spiro atoms. The maximum Gasteiger partial charge on any atom is 0.306 e. The number of benzene rings is 2. The summed E-state index contributed by atoms with van der Waals surface area (Å²) in [6.45, 7) is 8.30. The smallest absolute Gasteiger partial charge is 0.306 e. The second kappa shape index (κ2) is 11.5. The van der Waals surface area contributed by atoms with Gasteiger partial charge in [0, 0.05) is 11.1 Å². The summed E-state index contributed by atoms with van der Waals surface area (Å²) in [5.74, 6) is -3.41. The Morgan fingerprint density at radius 2 is 1.79 bits per heavy atom. The summed E-state index contributed by atoms with van der Waals surface area (Å²) in [4.78, 5) is 27.0. The molecule has 1 aliphatic rings. The summed E-state index contributed by atoms with van der Waals surface area (Å²) in [7, 11) is -3.73. The van der Waals surface area contributed by atoms with E-state index in [1.165, 1.54) is 17.0 Å². The molecule has 4 atom stereocenters. The van der Waals surface area contributed by atoms with Crippen molar-refractivity contribution in [1.29, 1.82) is 0 Å². The molecule has 1 fully saturated rings. The lowest BCUT2D eigenvalue weighted by atomic mass is 9.88. The predicted octanol–water partition coefficient (Wildman–Crippen LogP) is 5.85. The van der Waals surface area contributed by atoms with Crippen molar-refractivity contribution in [1.82, 2.24) is 4.90 Å². The van der Waals surface area contributed by atoms with Crippen LogP contribution >= 0.6 is 23.2 Å². The first-order valence-corrected chi connectivity index (χ1v) is 14.6. The van der Waals surface area contributed by atoms with Crippen LogP contribution in [0.15, 0.2) is 42.5 Å². The second-order valence-corrected chi connectivity index (χ2v) is 14.4. The van der Waals surface area contributed by atoms with Crippen LogP contribution in [0.5, 0.6) is 0 Å². The van der Waals surface area contributed by atoms with E-state index in [0.717, 1.165) is 0 Å². The molecule has 3 rings (SSSR count). The van der Waals surface area contributed by atoms with Crippen LogP contribution in [0.3, 0.4) is 0 Å². The van der Waals surface area contributed by atoms with E-state index in [2.05, 4.69) is 0 Å². The van der Waals surface area contributed by atoms with Crippen LogP contribution in [0.25, 0.3) is 0 Å². The van der Waals surface area contributed by atoms with Crippen molar-refractivity contribution in [3.8, 4) is 0 Å². The highest BCUT2D eigenvalue weighted by Gasteiger charge is 2.49. The number of rotatable bonds is 8. The molecule has 0 aliphatic carbocycles. The number of carbonyl (C=O) groups excluding carboxylic acids is 1. The number of aliphatic carboxylic acids is 1. The van der Waals surface area contributed by atoms with E-state index in [-0.39, 0.29) is 16.7 Å². The van der Waals surface area contributed by atoms with E-state index < -0.39 is 63.0 Å². The third-order valence-electron chi connectivity index (χ3n) is 6.70. The number of morpholine rings is 1. The van der Waals surface area contributed by atoms with Crippen molar-refractivity contribution in [3.05, 3.63) is 69.5 Å². The molecule has 38 heavy (non-hydrogen) atoms. The molecule has 0 aromatic heterocycles. The molecule has 2 aromatic carbocycles. The van der Waals surface area contributed by atoms with Crippen LogP contribution in [-0.2, 0) is 24.2 Å². The highest BCUT2D eigenvalue weighted by atomic mass is 35.5. The number of carboxylic acid groups (broad SMARTS) is 1. The molecule has 1 unspecified atom stereocenters. The Morgan fingerprint density at radius 3 is 2.32 bits per heavy atom. The number of amides is 1. The van der Waals surface area contributed by atoms with Gasteiger partial charge in [0.2, 0.25) is 0 Å². The Hall–Kier alpha value is -2.20. The maximum absolute atomic E-state index is 14.7. The molecule has 1 heterocycles. The van der Waals surface area contributed by atoms with Gasteiger partial charge in [-0.3, -0.25) is 9.59 Å². The molecule has 7 nitrogen and oxygen atoms in total. The van der Waals surface area contributed by atoms with Crippen LogP contribution in [0, 0.1) is 11.7 Å². The van der Waals surface area contributed by atoms with Gasteiger partial charge in [0.1, 0.15) is 18.0 Å². The zero-order valence-electron chi connectivity index (χ0n) is 21.8. The van der Waals surface area contributed by atoms with Crippen molar-refractivity contribution in [2.45, 2.75) is 70.1 Å². The lowest BCUT2D eigenvalue weighted by Gasteiger charge is -2.49. The SMILES string of the molecule is CC(C)C(CS(=O)(=O)C(C)(C)C)N1C(=O)[C@H](CC(=O)O)O[C@H](c2cccc(Cl)c2)[C@H]1c1ccc(Cl)c(F)c1. The molecule has 1 amide bonds. The van der Waals surface area contributed by atoms with Crippen molar-refractivity contribution >= 4 is 44.9 Å². The van der Waals surface area contributed by atoms with Gasteiger partial charge in [-0.25, -0.2) is 12.8 Å². The van der Waals surface area contributed by atoms with Crippen LogP contribution < -0.4 is 0 Å². The third kappa shape index (κ3) is 6.50. The molecule has 2 aromatic rings. The average Bonchev–Trinajstić information content (AvgIpc) is 2.79. The maximum atomic E-state index is 14.7. The quantitative estimate of drug-likeness (QED) is 0.415. The van der Waals surface area contributed by atoms with Crippen LogP contribution in [0.4, 0.5) is 4.39 Å². The number of halogens is 3. The van der Waals surface area contributed by atoms with Gasteiger partial charge in [-0.15, -0.1) is 0 Å². The average molecular weight is 589 g/mol. The Balaban J connectivity index is 2.29. The normalized spacial score (nSPS) is 21.6. The Bertz CT molecular complexity index is 1310. The molecular formula is C27H32Cl2FNO6S. The number of carboxylic acids is 1. The third-order valence-corrected chi connectivity index (χ3v) is 9.89. The van der Waals surface area contributed by atoms with Gasteiger partial charge < -0.3 is 14.7 Å². The number of hydrogen-bond acceptors (Lipinski definition) is 5. The zero-order chi connectivity index (χ0) is 28.6. The highest BCUT2D eigenvalue weighted by molar-refractivity contribution is 7.92. The molecule has 1 aliphatic heterocycles. The highest BCUT2D eigenvalue weighted by Crippen LogP contribution is 2.45. The molecular weight excluding hydrogens is 556 g/mol. The summed E-state index contributed by atoms with van der Waals surface area (Å²) in [5, 5.41) is 9.78. The summed E-state index contributed by atoms with van der Waals surface area (Å²) in [5.41, 5.74) is 0.838. The van der Waals surface area contributed by atoms with Crippen molar-refractivity contribution < 1.29 is 32.2 Å². The van der Waals surface area contributed by atoms with E-state index >= 15 is 0 Å². The topological polar surface area (TPSA) is 101 Å². The van der Waals surface area contributed by atoms with Gasteiger partial charge in [-0.1, -0.05) is 55.2 Å². The number of ether oxygens (including phenoxy) is 1. The Morgan fingerprint density at radius 1 is 1.13 bits per heavy atom. The van der Waals surface area contributed by atoms with E-state index in [1.807, 2.05) is 0 Å². The Kier molecular flexibility index (Phi) is 9.18. The van der Waals surface area contributed by atoms with Gasteiger partial charge in [0.05, 0.1) is 28.0 Å². The fraction of sp³-hybridized carbons (Fsp3) is 0.481. The molecule has 1 N–H and O–H groups in total. The summed E-state index contributed by atoms with van der Waals surface area (Å²) >= 11 is 12.2. The van der Waals surface area contributed by atoms with E-state index in [4.69, 9.17) is 27.9 Å². The number of sulfone groups is 1. The molecule has 0 radical (unpaired) electrons. The minimum absolute atomic E-state index is 0.123. The zero-order valence-corrected chi connectivity index (χ0v) is 24.1. The summed E-state index contributed by atoms with van der Waals surface area (Å²) in [6, 6.07) is 8.85. The van der Waals surface area contributed by atoms with Crippen LogP contribution in [0.2, 0.25) is 10.0 Å². The fourth-order valence-electron chi connectivity index (χ4n) is 4.47. The van der Waals surface area contributed by atoms with E-state index in [0.29, 0.717) is 16.1 Å². The minimum atomic E-state index is -3.73. The van der Waals surface area contributed by atoms with Crippen molar-refractivity contribution in [3.63, 3.8) is 0 Å². The lowest BCUT2D eigenvalue weighted by molar-refractivity contribution is -0.184. The fourth-order valence-corrected chi connectivity index (χ4v) is 6.28. The number of nitrogens with zero attached hydrogens (tertiary/aromatic N) is 1. The lowest BCUT2D eigenvalue weighted by Crippen LogP contribution is -2.58. The van der Waals surface area contributed by atoms with Crippen LogP contribution in [-0.4, -0.2) is 52.9 Å². The monoisotopic (exact) mass is 587 g/mol. The van der Waals surface area contributed by atoms with Gasteiger partial charge >= 0.3 is 5.97 Å². The number of carbonyl (C=O) groups is 2. The molecule has 0 bridgehead atoms. The van der Waals surface area contributed by atoms with Crippen molar-refractivity contribution in [2.75, 3.05) is 5.75 Å². The summed E-state index contributed by atoms with van der Waals surface area (Å²) < 4.78 is 46.4. The van der Waals surface area contributed by atoms with E-state index in [1.54, 1.807) is 65.0 Å². The Labute approximate surface area is 232 Å². The number of hydrogen-bond donors (Lipinski definition) is 1. The first kappa shape index (κ1) is 30.3. The second-order valence-electron chi connectivity index (χ2n) is 10.8. The largest absolute Gasteiger partial charge is 0.481 e. The first-order valence-electron chi connectivity index (χ1n) is 12.2. The molecule has 0 saturated carbocycles. The molecule has 1 saturated heterocycles. The van der Waals surface area contributed by atoms with Gasteiger partial charge in [-0.05, 0) is 62.1 Å². The van der Waals surface area contributed by atoms with Crippen molar-refractivity contribution in [2.24, 2.45) is 5.92 Å². The van der Waals surface area contributed by atoms with E-state index in [9.17, 15) is 27.5 Å². The minimum Gasteiger partial charge on any atom is -0.481 e. The predicted molar refractivity (Wildman–Crippen MR) is 144 cm³/mol. The molecule has 11 heteroatoms. The van der Waals surface area contributed by atoms with Gasteiger partial charge in [0.15, 0.2) is 9.84 Å². The standard InChI is InChI=1S/C27H32Cl2FNO6S/c1-15(2)21(14-38(35,36)27(3,4)5)31-24(16-9-10-19(29)20(30)12-16)25(17-7-6-8-18(28)11-17)37-22(26(31)34)13-23(32)33/h6-12,15,21-22,24-25H,13-14H2,1-5H3,(H,32,33)/t21?,22-,24+,25+/m0/s1. The van der Waals surface area contributed by atoms with Gasteiger partial charge in [-0.2, -0.15) is 0 Å². The van der Waals surface area contributed by atoms with Crippen LogP contribution in [0.1, 0.15) is 64.3 Å². The summed E-state index contributed by atoms with van der Waals surface area (Å²) in [6.07, 6.45) is -3.01. The first-order chi connectivity index (χ1) is 17.5. The van der Waals surface area contributed by atoms with Gasteiger partial charge in [0.25, 0.3) is 5.91 Å².